The van der Waals surface area contributed by atoms with Gasteiger partial charge in [0.2, 0.25) is 5.91 Å². The smallest absolute Gasteiger partial charge is 0.217 e. The Balaban J connectivity index is 4.00. The molecule has 0 bridgehead atoms. The third-order valence-electron chi connectivity index (χ3n) is 7.21. The molecule has 9 atom stereocenters. The molecule has 54 heavy (non-hydrogen) atoms. The van der Waals surface area contributed by atoms with Crippen molar-refractivity contribution in [2.75, 3.05) is 13.2 Å². The van der Waals surface area contributed by atoms with Gasteiger partial charge in [0.15, 0.2) is 64.5 Å². The zero-order valence-corrected chi connectivity index (χ0v) is 45.2. The topological polar surface area (TPSA) is 129 Å². The first-order chi connectivity index (χ1) is 23.9. The summed E-state index contributed by atoms with van der Waals surface area (Å²) in [5, 5.41) is 2.82. The molecule has 320 valence electrons. The molecule has 19 heteroatoms. The molecule has 1 aliphatic rings. The lowest BCUT2D eigenvalue weighted by Gasteiger charge is -2.51. The van der Waals surface area contributed by atoms with Crippen LogP contribution < -0.4 is 5.32 Å². The van der Waals surface area contributed by atoms with Gasteiger partial charge in [-0.25, -0.2) is 0 Å². The maximum atomic E-state index is 12.7. The van der Waals surface area contributed by atoms with Crippen LogP contribution in [0.25, 0.3) is 0 Å². The van der Waals surface area contributed by atoms with Crippen LogP contribution in [0.5, 0.6) is 0 Å². The molecule has 1 aliphatic heterocycles. The Morgan fingerprint density at radius 1 is 0.593 bits per heavy atom. The van der Waals surface area contributed by atoms with Gasteiger partial charge in [-0.05, 0) is 137 Å². The third-order valence-corrected chi connectivity index (χ3v) is 14.1. The van der Waals surface area contributed by atoms with E-state index in [1.807, 2.05) is 0 Å². The lowest BCUT2D eigenvalue weighted by Crippen LogP contribution is -2.67. The van der Waals surface area contributed by atoms with Crippen molar-refractivity contribution in [3.63, 3.8) is 0 Å². The highest BCUT2D eigenvalue weighted by molar-refractivity contribution is 6.72. The lowest BCUT2D eigenvalue weighted by molar-refractivity contribution is -0.295. The molecule has 1 heterocycles. The molecule has 0 saturated carbocycles. The van der Waals surface area contributed by atoms with E-state index in [1.54, 1.807) is 0 Å². The van der Waals surface area contributed by atoms with E-state index in [-0.39, 0.29) is 12.5 Å². The van der Waals surface area contributed by atoms with Crippen molar-refractivity contribution in [1.29, 1.82) is 0 Å². The summed E-state index contributed by atoms with van der Waals surface area (Å²) in [4.78, 5) is 25.1. The standard InChI is InChI=1S/C35H81NO11Si7/c1-26(38)36-27(23-37)30(43-50(8,9)10)32(45-52(14,15)16)29(42-49(5,6)7)24-39-35-34(47-54(20,21)22)33(46-53(17,18)19)31(44-51(11,12)13)28(41-35)25-40-48(2,3)4/h23,27-35H,24-25H2,1-22H3,(H,36,38)/t27-,28+,29+,30+,31+,32+,33-,34+,35-/m0/s1. The summed E-state index contributed by atoms with van der Waals surface area (Å²) in [6, 6.07) is -0.964. The van der Waals surface area contributed by atoms with Gasteiger partial charge in [-0.3, -0.25) is 4.79 Å². The van der Waals surface area contributed by atoms with E-state index in [1.165, 1.54) is 6.92 Å². The molecule has 0 spiro atoms. The second-order valence-electron chi connectivity index (χ2n) is 21.4. The van der Waals surface area contributed by atoms with Gasteiger partial charge >= 0.3 is 0 Å². The average molecular weight is 889 g/mol. The number of ether oxygens (including phenoxy) is 2. The van der Waals surface area contributed by atoms with Crippen LogP contribution in [0.1, 0.15) is 6.92 Å². The van der Waals surface area contributed by atoms with Gasteiger partial charge in [0.05, 0.1) is 31.5 Å². The van der Waals surface area contributed by atoms with Gasteiger partial charge in [-0.2, -0.15) is 0 Å². The maximum absolute atomic E-state index is 12.7. The molecule has 1 saturated heterocycles. The van der Waals surface area contributed by atoms with Gasteiger partial charge in [0, 0.05) is 6.92 Å². The van der Waals surface area contributed by atoms with Crippen molar-refractivity contribution < 1.29 is 50.0 Å². The van der Waals surface area contributed by atoms with Crippen LogP contribution in [-0.2, 0) is 50.0 Å². The summed E-state index contributed by atoms with van der Waals surface area (Å²) in [7, 11) is -15.4. The molecule has 0 unspecified atom stereocenters. The summed E-state index contributed by atoms with van der Waals surface area (Å²) in [5.74, 6) is -0.334. The minimum Gasteiger partial charge on any atom is -0.415 e. The first kappa shape index (κ1) is 52.3. The zero-order chi connectivity index (χ0) is 42.5. The van der Waals surface area contributed by atoms with E-state index in [2.05, 4.69) is 143 Å². The van der Waals surface area contributed by atoms with Crippen molar-refractivity contribution in [2.45, 2.75) is 199 Å². The van der Waals surface area contributed by atoms with Crippen LogP contribution in [0.2, 0.25) is 137 Å². The molecule has 1 fully saturated rings. The molecule has 0 radical (unpaired) electrons. The summed E-state index contributed by atoms with van der Waals surface area (Å²) >= 11 is 0. The van der Waals surface area contributed by atoms with Gasteiger partial charge < -0.3 is 50.6 Å². The fourth-order valence-electron chi connectivity index (χ4n) is 5.89. The maximum Gasteiger partial charge on any atom is 0.217 e. The Bertz CT molecular complexity index is 1170. The first-order valence-corrected chi connectivity index (χ1v) is 43.4. The highest BCUT2D eigenvalue weighted by atomic mass is 28.4. The van der Waals surface area contributed by atoms with Crippen LogP contribution >= 0.6 is 0 Å². The van der Waals surface area contributed by atoms with E-state index in [4.69, 9.17) is 40.5 Å². The molecule has 0 aromatic carbocycles. The van der Waals surface area contributed by atoms with E-state index in [0.717, 1.165) is 6.29 Å². The van der Waals surface area contributed by atoms with Gasteiger partial charge in [0.25, 0.3) is 0 Å². The van der Waals surface area contributed by atoms with E-state index >= 15 is 0 Å². The van der Waals surface area contributed by atoms with E-state index in [9.17, 15) is 9.59 Å². The van der Waals surface area contributed by atoms with Crippen molar-refractivity contribution >= 4 is 70.4 Å². The molecule has 12 nitrogen and oxygen atoms in total. The molecule has 0 aromatic heterocycles. The van der Waals surface area contributed by atoms with Crippen molar-refractivity contribution in [3.05, 3.63) is 0 Å². The highest BCUT2D eigenvalue weighted by Gasteiger charge is 2.53. The van der Waals surface area contributed by atoms with Crippen molar-refractivity contribution in [3.8, 4) is 0 Å². The van der Waals surface area contributed by atoms with Crippen LogP contribution in [0.4, 0.5) is 0 Å². The second-order valence-corrected chi connectivity index (χ2v) is 52.7. The number of nitrogens with one attached hydrogen (secondary N) is 1. The van der Waals surface area contributed by atoms with Crippen LogP contribution in [-0.4, -0.2) is 139 Å². The number of carbonyl (C=O) groups excluding carboxylic acids is 2. The predicted octanol–water partition coefficient (Wildman–Crippen LogP) is 7.60. The van der Waals surface area contributed by atoms with Gasteiger partial charge in [0.1, 0.15) is 36.7 Å². The first-order valence-electron chi connectivity index (χ1n) is 19.6. The monoisotopic (exact) mass is 887 g/mol. The molecular formula is C35H81NO11Si7. The summed E-state index contributed by atoms with van der Waals surface area (Å²) < 4.78 is 62.1. The van der Waals surface area contributed by atoms with E-state index < -0.39 is 113 Å². The quantitative estimate of drug-likeness (QED) is 0.0805. The SMILES string of the molecule is CC(=O)N[C@@H](C=O)[C@@H](O[Si](C)(C)C)[C@H](O[Si](C)(C)C)[C@@H](CO[C@H]1O[C@H](CO[Si](C)(C)C)[C@@H](O[Si](C)(C)C)[C@H](O[Si](C)(C)C)[C@H]1O[Si](C)(C)C)O[Si](C)(C)C. The molecule has 0 aromatic rings. The summed E-state index contributed by atoms with van der Waals surface area (Å²) in [6.45, 7) is 46.6. The Morgan fingerprint density at radius 3 is 1.41 bits per heavy atom. The third kappa shape index (κ3) is 21.9. The zero-order valence-electron chi connectivity index (χ0n) is 38.2. The number of amides is 1. The molecule has 1 rings (SSSR count). The minimum absolute atomic E-state index is 0.0493. The normalized spacial score (nSPS) is 24.8. The van der Waals surface area contributed by atoms with Gasteiger partial charge in [-0.1, -0.05) is 0 Å². The summed E-state index contributed by atoms with van der Waals surface area (Å²) in [5.41, 5.74) is 0. The Labute approximate surface area is 337 Å². The number of rotatable bonds is 23. The molecule has 1 N–H and O–H groups in total. The lowest BCUT2D eigenvalue weighted by atomic mass is 9.99. The Hall–Kier alpha value is 0.298. The number of hydrogen-bond acceptors (Lipinski definition) is 11. The van der Waals surface area contributed by atoms with Gasteiger partial charge in [-0.15, -0.1) is 0 Å². The van der Waals surface area contributed by atoms with Crippen molar-refractivity contribution in [1.82, 2.24) is 5.32 Å². The minimum atomic E-state index is -2.32. The highest BCUT2D eigenvalue weighted by Crippen LogP contribution is 2.35. The van der Waals surface area contributed by atoms with Crippen LogP contribution in [0.15, 0.2) is 0 Å². The van der Waals surface area contributed by atoms with E-state index in [0.29, 0.717) is 6.61 Å². The number of aldehydes is 1. The van der Waals surface area contributed by atoms with Crippen molar-refractivity contribution in [2.24, 2.45) is 0 Å². The Kier molecular flexibility index (Phi) is 19.4. The fraction of sp³-hybridized carbons (Fsp3) is 0.943. The number of hydrogen-bond donors (Lipinski definition) is 1. The molecule has 1 amide bonds. The average Bonchev–Trinajstić information content (AvgIpc) is 2.89. The number of carbonyl (C=O) groups is 2. The van der Waals surface area contributed by atoms with Crippen LogP contribution in [0, 0.1) is 0 Å². The van der Waals surface area contributed by atoms with Crippen LogP contribution in [0.3, 0.4) is 0 Å². The summed E-state index contributed by atoms with van der Waals surface area (Å²) in [6.07, 6.45) is -4.37. The second kappa shape index (κ2) is 20.0. The Morgan fingerprint density at radius 2 is 1.02 bits per heavy atom. The fourth-order valence-corrected chi connectivity index (χ4v) is 13.1. The largest absolute Gasteiger partial charge is 0.415 e. The predicted molar refractivity (Wildman–Crippen MR) is 237 cm³/mol. The molecular weight excluding hydrogens is 807 g/mol. The molecule has 0 aliphatic carbocycles.